The molecule has 6 heteroatoms. The first-order valence-corrected chi connectivity index (χ1v) is 8.31. The van der Waals surface area contributed by atoms with E-state index in [-0.39, 0.29) is 5.91 Å². The Morgan fingerprint density at radius 2 is 2.05 bits per heavy atom. The number of hydrogen-bond acceptors (Lipinski definition) is 5. The smallest absolute Gasteiger partial charge is 0.267 e. The number of amides is 1. The number of rotatable bonds is 3. The van der Waals surface area contributed by atoms with Crippen LogP contribution in [-0.4, -0.2) is 17.1 Å². The van der Waals surface area contributed by atoms with Crippen molar-refractivity contribution >= 4 is 50.6 Å². The Labute approximate surface area is 130 Å². The topological polar surface area (TPSA) is 68.0 Å². The zero-order valence-corrected chi connectivity index (χ0v) is 12.9. The third kappa shape index (κ3) is 2.72. The fourth-order valence-corrected chi connectivity index (χ4v) is 3.35. The predicted molar refractivity (Wildman–Crippen MR) is 90.2 cm³/mol. The van der Waals surface area contributed by atoms with Crippen molar-refractivity contribution in [3.63, 3.8) is 0 Å². The Morgan fingerprint density at radius 3 is 2.71 bits per heavy atom. The summed E-state index contributed by atoms with van der Waals surface area (Å²) in [4.78, 5) is 19.0. The second-order valence-electron chi connectivity index (χ2n) is 4.38. The van der Waals surface area contributed by atoms with E-state index < -0.39 is 0 Å². The fourth-order valence-electron chi connectivity index (χ4n) is 1.98. The summed E-state index contributed by atoms with van der Waals surface area (Å²) >= 11 is 2.97. The van der Waals surface area contributed by atoms with E-state index in [4.69, 9.17) is 5.73 Å². The summed E-state index contributed by atoms with van der Waals surface area (Å²) in [5.41, 5.74) is 7.29. The molecule has 3 aromatic rings. The van der Waals surface area contributed by atoms with Gasteiger partial charge < -0.3 is 11.1 Å². The lowest BCUT2D eigenvalue weighted by atomic mass is 10.2. The number of nitrogens with one attached hydrogen (secondary N) is 1. The molecule has 2 aromatic heterocycles. The average Bonchev–Trinajstić information content (AvgIpc) is 2.86. The van der Waals surface area contributed by atoms with Gasteiger partial charge in [-0.05, 0) is 42.7 Å². The summed E-state index contributed by atoms with van der Waals surface area (Å²) in [5.74, 6) is -0.201. The highest BCUT2D eigenvalue weighted by atomic mass is 32.2. The van der Waals surface area contributed by atoms with Crippen LogP contribution in [0, 0.1) is 0 Å². The fraction of sp³-hybridized carbons (Fsp3) is 0.0667. The molecule has 0 saturated heterocycles. The molecule has 2 heterocycles. The van der Waals surface area contributed by atoms with Crippen LogP contribution in [0.2, 0.25) is 0 Å². The summed E-state index contributed by atoms with van der Waals surface area (Å²) in [7, 11) is 0. The van der Waals surface area contributed by atoms with Gasteiger partial charge in [0, 0.05) is 22.2 Å². The highest BCUT2D eigenvalue weighted by molar-refractivity contribution is 7.98. The van der Waals surface area contributed by atoms with Crippen LogP contribution in [0.25, 0.3) is 10.2 Å². The van der Waals surface area contributed by atoms with Crippen molar-refractivity contribution in [3.8, 4) is 0 Å². The van der Waals surface area contributed by atoms with Gasteiger partial charge in [-0.15, -0.1) is 23.1 Å². The van der Waals surface area contributed by atoms with Crippen LogP contribution in [0.15, 0.2) is 47.5 Å². The molecule has 0 spiro atoms. The van der Waals surface area contributed by atoms with Crippen molar-refractivity contribution < 1.29 is 4.79 Å². The number of fused-ring (bicyclic) bond motifs is 1. The van der Waals surface area contributed by atoms with E-state index in [9.17, 15) is 4.79 Å². The minimum Gasteiger partial charge on any atom is -0.397 e. The lowest BCUT2D eigenvalue weighted by Gasteiger charge is -2.05. The monoisotopic (exact) mass is 315 g/mol. The van der Waals surface area contributed by atoms with Crippen LogP contribution < -0.4 is 11.1 Å². The van der Waals surface area contributed by atoms with E-state index in [1.807, 2.05) is 42.7 Å². The van der Waals surface area contributed by atoms with Crippen LogP contribution in [0.5, 0.6) is 0 Å². The molecule has 106 valence electrons. The zero-order valence-electron chi connectivity index (χ0n) is 11.3. The van der Waals surface area contributed by atoms with Gasteiger partial charge in [0.2, 0.25) is 0 Å². The number of carbonyl (C=O) groups is 1. The maximum atomic E-state index is 12.3. The Balaban J connectivity index is 1.87. The first kappa shape index (κ1) is 13.9. The minimum atomic E-state index is -0.201. The van der Waals surface area contributed by atoms with Crippen LogP contribution in [0.1, 0.15) is 9.67 Å². The Bertz CT molecular complexity index is 796. The summed E-state index contributed by atoms with van der Waals surface area (Å²) in [6.07, 6.45) is 3.71. The predicted octanol–water partition coefficient (Wildman–Crippen LogP) is 3.85. The second-order valence-corrected chi connectivity index (χ2v) is 6.26. The summed E-state index contributed by atoms with van der Waals surface area (Å²) in [5, 5.41) is 3.69. The van der Waals surface area contributed by atoms with Crippen molar-refractivity contribution in [2.75, 3.05) is 17.3 Å². The summed E-state index contributed by atoms with van der Waals surface area (Å²) < 4.78 is 0. The highest BCUT2D eigenvalue weighted by Crippen LogP contribution is 2.32. The van der Waals surface area contributed by atoms with Crippen LogP contribution in [-0.2, 0) is 0 Å². The summed E-state index contributed by atoms with van der Waals surface area (Å²) in [6.45, 7) is 0. The molecule has 4 nitrogen and oxygen atoms in total. The number of hydrogen-bond donors (Lipinski definition) is 2. The number of benzene rings is 1. The van der Waals surface area contributed by atoms with Crippen LogP contribution in [0.3, 0.4) is 0 Å². The standard InChI is InChI=1S/C15H13N3OS2/c1-20-10-6-4-9(5-7-10)18-14(19)13-12(16)11-3-2-8-17-15(11)21-13/h2-8H,16H2,1H3,(H,18,19). The number of nitrogen functional groups attached to an aromatic ring is 1. The van der Waals surface area contributed by atoms with Gasteiger partial charge in [-0.1, -0.05) is 0 Å². The van der Waals surface area contributed by atoms with Gasteiger partial charge in [0.1, 0.15) is 9.71 Å². The van der Waals surface area contributed by atoms with Gasteiger partial charge in [0.05, 0.1) is 5.69 Å². The second kappa shape index (κ2) is 5.75. The number of nitrogens with zero attached hydrogens (tertiary/aromatic N) is 1. The van der Waals surface area contributed by atoms with Gasteiger partial charge in [-0.3, -0.25) is 4.79 Å². The van der Waals surface area contributed by atoms with E-state index in [2.05, 4.69) is 10.3 Å². The number of nitrogens with two attached hydrogens (primary N) is 1. The number of aromatic nitrogens is 1. The Morgan fingerprint density at radius 1 is 1.29 bits per heavy atom. The van der Waals surface area contributed by atoms with Gasteiger partial charge in [-0.25, -0.2) is 4.98 Å². The van der Waals surface area contributed by atoms with Crippen molar-refractivity contribution in [1.82, 2.24) is 4.98 Å². The first-order chi connectivity index (χ1) is 10.2. The van der Waals surface area contributed by atoms with Crippen molar-refractivity contribution in [2.45, 2.75) is 4.90 Å². The molecule has 0 unspecified atom stereocenters. The molecule has 0 aliphatic rings. The Hall–Kier alpha value is -2.05. The van der Waals surface area contributed by atoms with E-state index >= 15 is 0 Å². The van der Waals surface area contributed by atoms with E-state index in [0.29, 0.717) is 10.6 Å². The SMILES string of the molecule is CSc1ccc(NC(=O)c2sc3ncccc3c2N)cc1. The molecule has 0 saturated carbocycles. The third-order valence-electron chi connectivity index (χ3n) is 3.06. The Kier molecular flexibility index (Phi) is 3.81. The number of thioether (sulfide) groups is 1. The molecule has 21 heavy (non-hydrogen) atoms. The molecule has 0 radical (unpaired) electrons. The van der Waals surface area contributed by atoms with Crippen molar-refractivity contribution in [3.05, 3.63) is 47.5 Å². The molecule has 0 aliphatic heterocycles. The number of carbonyl (C=O) groups excluding carboxylic acids is 1. The van der Waals surface area contributed by atoms with Gasteiger partial charge in [0.25, 0.3) is 5.91 Å². The molecule has 0 aliphatic carbocycles. The highest BCUT2D eigenvalue weighted by Gasteiger charge is 2.16. The number of pyridine rings is 1. The largest absolute Gasteiger partial charge is 0.397 e. The first-order valence-electron chi connectivity index (χ1n) is 6.27. The molecular formula is C15H13N3OS2. The summed E-state index contributed by atoms with van der Waals surface area (Å²) in [6, 6.07) is 11.4. The lowest BCUT2D eigenvalue weighted by molar-refractivity contribution is 0.103. The number of anilines is 2. The van der Waals surface area contributed by atoms with Gasteiger partial charge >= 0.3 is 0 Å². The molecular weight excluding hydrogens is 302 g/mol. The van der Waals surface area contributed by atoms with Crippen molar-refractivity contribution in [2.24, 2.45) is 0 Å². The van der Waals surface area contributed by atoms with E-state index in [1.54, 1.807) is 18.0 Å². The quantitative estimate of drug-likeness (QED) is 0.720. The molecule has 3 rings (SSSR count). The van der Waals surface area contributed by atoms with Crippen LogP contribution >= 0.6 is 23.1 Å². The van der Waals surface area contributed by atoms with E-state index in [0.717, 1.165) is 20.8 Å². The van der Waals surface area contributed by atoms with Crippen LogP contribution in [0.4, 0.5) is 11.4 Å². The molecule has 0 bridgehead atoms. The van der Waals surface area contributed by atoms with Gasteiger partial charge in [-0.2, -0.15) is 0 Å². The third-order valence-corrected chi connectivity index (χ3v) is 4.93. The maximum absolute atomic E-state index is 12.3. The number of thiophene rings is 1. The van der Waals surface area contributed by atoms with E-state index in [1.165, 1.54) is 11.3 Å². The average molecular weight is 315 g/mol. The molecule has 3 N–H and O–H groups in total. The lowest BCUT2D eigenvalue weighted by Crippen LogP contribution is -2.11. The molecule has 1 amide bonds. The normalized spacial score (nSPS) is 10.7. The van der Waals surface area contributed by atoms with Crippen molar-refractivity contribution in [1.29, 1.82) is 0 Å². The maximum Gasteiger partial charge on any atom is 0.267 e. The molecule has 1 aromatic carbocycles. The molecule has 0 fully saturated rings. The zero-order chi connectivity index (χ0) is 14.8. The van der Waals surface area contributed by atoms with Gasteiger partial charge in [0.15, 0.2) is 0 Å². The minimum absolute atomic E-state index is 0.201. The molecule has 0 atom stereocenters.